The summed E-state index contributed by atoms with van der Waals surface area (Å²) in [7, 11) is 0. The fourth-order valence-electron chi connectivity index (χ4n) is 17.5. The second-order valence-electron chi connectivity index (χ2n) is 30.5. The number of fused-ring (bicyclic) bond motifs is 7. The average molecular weight is 1390 g/mol. The maximum atomic E-state index is 4.14. The molecule has 0 saturated carbocycles. The zero-order valence-electron chi connectivity index (χ0n) is 62.5. The van der Waals surface area contributed by atoms with Gasteiger partial charge in [0, 0.05) is 45.0 Å². The SMILES string of the molecule is C=Cc1ccc(CC2(Cc3ccc(C=C)cc3)c3cc(C)ccc3-c3ccc(-c4ccc(N(c5ccc(-c6ccc7c(c6)C(Cc6ccc(C=C)cc6)(Cc6ccc(C=C)cc6)c6cc(-c8ccc(N(c9ccc(C)cc9)c9ccc%10c(c9)CC%10)cc8)ccc6-7)cc5)c5ccc(C(C)CC)cc5)cc4)cc32)cc1. The molecule has 0 saturated heterocycles. The van der Waals surface area contributed by atoms with E-state index in [4.69, 9.17) is 0 Å². The van der Waals surface area contributed by atoms with Gasteiger partial charge in [0.2, 0.25) is 0 Å². The molecule has 14 aromatic carbocycles. The molecule has 2 nitrogen and oxygen atoms in total. The molecule has 0 heterocycles. The summed E-state index contributed by atoms with van der Waals surface area (Å²) < 4.78 is 0. The molecule has 108 heavy (non-hydrogen) atoms. The van der Waals surface area contributed by atoms with Gasteiger partial charge >= 0.3 is 0 Å². The molecule has 3 aliphatic carbocycles. The predicted molar refractivity (Wildman–Crippen MR) is 461 cm³/mol. The molecule has 1 atom stereocenters. The molecule has 0 aromatic heterocycles. The third kappa shape index (κ3) is 12.9. The number of anilines is 6. The molecule has 3 aliphatic rings. The van der Waals surface area contributed by atoms with Crippen LogP contribution in [-0.2, 0) is 49.4 Å². The molecule has 2 heteroatoms. The van der Waals surface area contributed by atoms with Gasteiger partial charge in [-0.25, -0.2) is 0 Å². The average Bonchev–Trinajstić information content (AvgIpc) is 1.56. The van der Waals surface area contributed by atoms with E-state index in [1.54, 1.807) is 0 Å². The first kappa shape index (κ1) is 68.7. The smallest absolute Gasteiger partial charge is 0.0464 e. The lowest BCUT2D eigenvalue weighted by Crippen LogP contribution is -2.31. The normalized spacial score (nSPS) is 13.4. The first-order chi connectivity index (χ1) is 52.9. The maximum absolute atomic E-state index is 4.14. The molecule has 0 radical (unpaired) electrons. The van der Waals surface area contributed by atoms with Crippen LogP contribution in [0.2, 0.25) is 0 Å². The second kappa shape index (κ2) is 28.8. The minimum atomic E-state index is -0.451. The van der Waals surface area contributed by atoms with Crippen molar-refractivity contribution in [3.05, 3.63) is 430 Å². The van der Waals surface area contributed by atoms with Gasteiger partial charge < -0.3 is 9.80 Å². The molecule has 524 valence electrons. The Hall–Kier alpha value is -12.4. The highest BCUT2D eigenvalue weighted by molar-refractivity contribution is 5.90. The summed E-state index contributed by atoms with van der Waals surface area (Å²) in [5, 5.41) is 0. The van der Waals surface area contributed by atoms with Crippen molar-refractivity contribution in [3.63, 3.8) is 0 Å². The van der Waals surface area contributed by atoms with Gasteiger partial charge in [0.1, 0.15) is 0 Å². The van der Waals surface area contributed by atoms with Gasteiger partial charge in [0.05, 0.1) is 0 Å². The molecule has 14 aromatic rings. The Bertz CT molecular complexity index is 5610. The van der Waals surface area contributed by atoms with Crippen molar-refractivity contribution < 1.29 is 0 Å². The van der Waals surface area contributed by atoms with Gasteiger partial charge in [0.25, 0.3) is 0 Å². The minimum absolute atomic E-state index is 0.332. The largest absolute Gasteiger partial charge is 0.311 e. The van der Waals surface area contributed by atoms with Gasteiger partial charge in [-0.1, -0.05) is 294 Å². The number of benzene rings is 14. The molecular weight excluding hydrogens is 1300 g/mol. The van der Waals surface area contributed by atoms with Gasteiger partial charge in [-0.2, -0.15) is 0 Å². The zero-order chi connectivity index (χ0) is 73.6. The number of aryl methyl sites for hydroxylation is 4. The quantitative estimate of drug-likeness (QED) is 0.0630. The van der Waals surface area contributed by atoms with E-state index in [1.807, 2.05) is 24.3 Å². The van der Waals surface area contributed by atoms with E-state index in [0.29, 0.717) is 5.92 Å². The number of rotatable bonds is 23. The van der Waals surface area contributed by atoms with Crippen molar-refractivity contribution in [1.29, 1.82) is 0 Å². The first-order valence-electron chi connectivity index (χ1n) is 38.5. The van der Waals surface area contributed by atoms with E-state index in [0.717, 1.165) is 101 Å². The lowest BCUT2D eigenvalue weighted by molar-refractivity contribution is 0.520. The van der Waals surface area contributed by atoms with Crippen LogP contribution < -0.4 is 9.80 Å². The third-order valence-electron chi connectivity index (χ3n) is 23.9. The lowest BCUT2D eigenvalue weighted by Gasteiger charge is -2.34. The Balaban J connectivity index is 0.739. The molecule has 0 fully saturated rings. The van der Waals surface area contributed by atoms with Crippen LogP contribution in [0, 0.1) is 13.8 Å². The standard InChI is InChI=1S/C106H90N2/c1-9-73(8)82-35-49-92(50-36-82)107(93-51-37-84(38-52-93)88-44-59-98-97-58-16-72(7)62-101(97)105(102(98)64-88,67-78-25-17-74(10-2)18-26-78)68-79-27-19-75(11-3)20-28-79)94-53-39-85(40-54-94)89-45-60-99-100-61-46-90(86-41-55-95(56-42-86)108(91-47-14-71(6)15-48-91)96-57-43-83-33-34-87(83)63-96)66-104(100)106(103(99)65-89,69-80-29-21-76(12-4)22-30-80)70-81-31-23-77(13-5)24-32-81/h10-32,35-66,73H,2-5,9,33-34,67-70H2,1,6-8H3. The van der Waals surface area contributed by atoms with E-state index >= 15 is 0 Å². The van der Waals surface area contributed by atoms with E-state index in [1.165, 1.54) is 128 Å². The van der Waals surface area contributed by atoms with Crippen LogP contribution >= 0.6 is 0 Å². The van der Waals surface area contributed by atoms with Gasteiger partial charge in [0.15, 0.2) is 0 Å². The molecule has 17 rings (SSSR count). The van der Waals surface area contributed by atoms with Crippen molar-refractivity contribution in [2.24, 2.45) is 0 Å². The summed E-state index contributed by atoms with van der Waals surface area (Å²) in [6.45, 7) is 25.4. The summed E-state index contributed by atoms with van der Waals surface area (Å²) in [5.41, 5.74) is 40.1. The summed E-state index contributed by atoms with van der Waals surface area (Å²) in [4.78, 5) is 4.83. The Kier molecular flexibility index (Phi) is 18.4. The Morgan fingerprint density at radius 1 is 0.296 bits per heavy atom. The highest BCUT2D eigenvalue weighted by Gasteiger charge is 2.46. The topological polar surface area (TPSA) is 6.48 Å². The van der Waals surface area contributed by atoms with Gasteiger partial charge in [-0.3, -0.25) is 0 Å². The van der Waals surface area contributed by atoms with Crippen molar-refractivity contribution in [1.82, 2.24) is 0 Å². The molecule has 0 N–H and O–H groups in total. The van der Waals surface area contributed by atoms with E-state index < -0.39 is 5.41 Å². The molecule has 0 amide bonds. The maximum Gasteiger partial charge on any atom is 0.0464 e. The van der Waals surface area contributed by atoms with Crippen LogP contribution in [0.5, 0.6) is 0 Å². The van der Waals surface area contributed by atoms with Gasteiger partial charge in [-0.15, -0.1) is 0 Å². The molecule has 0 spiro atoms. The Morgan fingerprint density at radius 2 is 0.583 bits per heavy atom. The second-order valence-corrected chi connectivity index (χ2v) is 30.5. The monoisotopic (exact) mass is 1390 g/mol. The van der Waals surface area contributed by atoms with E-state index in [-0.39, 0.29) is 5.41 Å². The fourth-order valence-corrected chi connectivity index (χ4v) is 17.5. The number of hydrogen-bond donors (Lipinski definition) is 0. The lowest BCUT2D eigenvalue weighted by atomic mass is 9.69. The number of hydrogen-bond acceptors (Lipinski definition) is 2. The zero-order valence-corrected chi connectivity index (χ0v) is 62.5. The summed E-state index contributed by atoms with van der Waals surface area (Å²) in [5.74, 6) is 0.455. The molecule has 0 bridgehead atoms. The van der Waals surface area contributed by atoms with Crippen LogP contribution in [0.25, 0.3) is 79.9 Å². The number of nitrogens with zero attached hydrogens (tertiary/aromatic N) is 2. The summed E-state index contributed by atoms with van der Waals surface area (Å²) >= 11 is 0. The van der Waals surface area contributed by atoms with Crippen molar-refractivity contribution in [3.8, 4) is 55.6 Å². The highest BCUT2D eigenvalue weighted by Crippen LogP contribution is 2.57. The van der Waals surface area contributed by atoms with Gasteiger partial charge in [-0.05, 0) is 295 Å². The predicted octanol–water partition coefficient (Wildman–Crippen LogP) is 27.9. The minimum Gasteiger partial charge on any atom is -0.311 e. The first-order valence-corrected chi connectivity index (χ1v) is 38.5. The van der Waals surface area contributed by atoms with Crippen LogP contribution in [0.1, 0.15) is 121 Å². The summed E-state index contributed by atoms with van der Waals surface area (Å²) in [6, 6.07) is 118. The Morgan fingerprint density at radius 3 is 0.907 bits per heavy atom. The third-order valence-corrected chi connectivity index (χ3v) is 23.9. The fraction of sp³-hybridized carbons (Fsp3) is 0.132. The highest BCUT2D eigenvalue weighted by atomic mass is 15.1. The summed E-state index contributed by atoms with van der Waals surface area (Å²) in [6.07, 6.45) is 14.4. The van der Waals surface area contributed by atoms with Crippen LogP contribution in [0.3, 0.4) is 0 Å². The van der Waals surface area contributed by atoms with Crippen molar-refractivity contribution in [2.45, 2.75) is 89.4 Å². The molecular formula is C106H90N2. The Labute approximate surface area is 639 Å². The van der Waals surface area contributed by atoms with Crippen molar-refractivity contribution >= 4 is 58.4 Å². The van der Waals surface area contributed by atoms with Crippen molar-refractivity contribution in [2.75, 3.05) is 9.80 Å². The van der Waals surface area contributed by atoms with Crippen LogP contribution in [0.4, 0.5) is 34.1 Å². The van der Waals surface area contributed by atoms with Crippen LogP contribution in [-0.4, -0.2) is 0 Å². The van der Waals surface area contributed by atoms with E-state index in [9.17, 15) is 0 Å². The van der Waals surface area contributed by atoms with E-state index in [2.05, 4.69) is 373 Å². The molecule has 1 unspecified atom stereocenters. The van der Waals surface area contributed by atoms with Crippen LogP contribution in [0.15, 0.2) is 336 Å². The molecule has 0 aliphatic heterocycles.